The number of carbonyl (C=O) groups is 3. The van der Waals surface area contributed by atoms with Crippen molar-refractivity contribution in [2.75, 3.05) is 34.6 Å². The summed E-state index contributed by atoms with van der Waals surface area (Å²) >= 11 is 13.0. The predicted molar refractivity (Wildman–Crippen MR) is 189 cm³/mol. The number of hydrogen-bond acceptors (Lipinski definition) is 7. The van der Waals surface area contributed by atoms with E-state index in [-0.39, 0.29) is 29.6 Å². The second-order valence-electron chi connectivity index (χ2n) is 13.5. The van der Waals surface area contributed by atoms with Crippen LogP contribution in [0.25, 0.3) is 21.5 Å². The Hall–Kier alpha value is -3.85. The monoisotopic (exact) mass is 688 g/mol. The van der Waals surface area contributed by atoms with Gasteiger partial charge in [0.15, 0.2) is 0 Å². The lowest BCUT2D eigenvalue weighted by atomic mass is 9.64. The highest BCUT2D eigenvalue weighted by molar-refractivity contribution is 6.19. The second-order valence-corrected chi connectivity index (χ2v) is 14.1. The number of amides is 1. The number of alkyl halides is 2. The second kappa shape index (κ2) is 12.9. The van der Waals surface area contributed by atoms with Crippen LogP contribution in [0.3, 0.4) is 0 Å². The summed E-state index contributed by atoms with van der Waals surface area (Å²) in [7, 11) is 0. The molecular formula is C38H38Cl2N2O6. The zero-order valence-electron chi connectivity index (χ0n) is 27.0. The SMILES string of the molecule is CC(=O)Oc1cc2c(c3ccccc13)[C@H](CCl)CN2C(=O)CC1(CC(O)N2C[C@@H](CCl)c3c2cc(OC(C)=O)c2ccccc32)CCC1. The first-order valence-corrected chi connectivity index (χ1v) is 17.5. The highest BCUT2D eigenvalue weighted by Gasteiger charge is 2.46. The summed E-state index contributed by atoms with van der Waals surface area (Å²) in [6, 6.07) is 19.1. The number of carbonyl (C=O) groups excluding carboxylic acids is 3. The number of hydrogen-bond donors (Lipinski definition) is 1. The molecule has 0 spiro atoms. The number of aliphatic hydroxyl groups excluding tert-OH is 1. The van der Waals surface area contributed by atoms with Crippen LogP contribution in [0.15, 0.2) is 60.7 Å². The normalized spacial score (nSPS) is 19.9. The third kappa shape index (κ3) is 5.67. The predicted octanol–water partition coefficient (Wildman–Crippen LogP) is 7.62. The molecule has 48 heavy (non-hydrogen) atoms. The highest BCUT2D eigenvalue weighted by Crippen LogP contribution is 2.53. The molecule has 2 heterocycles. The van der Waals surface area contributed by atoms with Gasteiger partial charge >= 0.3 is 11.9 Å². The van der Waals surface area contributed by atoms with Gasteiger partial charge in [-0.15, -0.1) is 23.2 Å². The van der Waals surface area contributed by atoms with E-state index in [0.29, 0.717) is 42.8 Å². The minimum Gasteiger partial charge on any atom is -0.426 e. The largest absolute Gasteiger partial charge is 0.426 e. The van der Waals surface area contributed by atoms with Crippen molar-refractivity contribution in [1.29, 1.82) is 0 Å². The molecule has 10 heteroatoms. The Morgan fingerprint density at radius 2 is 1.31 bits per heavy atom. The third-order valence-electron chi connectivity index (χ3n) is 10.4. The van der Waals surface area contributed by atoms with Gasteiger partial charge < -0.3 is 24.4 Å². The van der Waals surface area contributed by atoms with E-state index < -0.39 is 18.2 Å². The maximum absolute atomic E-state index is 14.3. The van der Waals surface area contributed by atoms with Crippen molar-refractivity contribution in [2.24, 2.45) is 5.41 Å². The van der Waals surface area contributed by atoms with E-state index in [1.165, 1.54) is 13.8 Å². The fourth-order valence-corrected chi connectivity index (χ4v) is 8.65. The van der Waals surface area contributed by atoms with Gasteiger partial charge in [0.1, 0.15) is 17.7 Å². The van der Waals surface area contributed by atoms with Gasteiger partial charge in [-0.1, -0.05) is 55.0 Å². The molecule has 4 aromatic carbocycles. The Morgan fingerprint density at radius 1 is 0.812 bits per heavy atom. The van der Waals surface area contributed by atoms with Crippen LogP contribution in [0, 0.1) is 5.41 Å². The van der Waals surface area contributed by atoms with E-state index in [1.54, 1.807) is 11.0 Å². The molecule has 8 nitrogen and oxygen atoms in total. The molecule has 7 rings (SSSR count). The summed E-state index contributed by atoms with van der Waals surface area (Å²) in [5.41, 5.74) is 3.15. The quantitative estimate of drug-likeness (QED) is 0.110. The van der Waals surface area contributed by atoms with E-state index in [1.807, 2.05) is 59.5 Å². The lowest BCUT2D eigenvalue weighted by Gasteiger charge is -2.45. The van der Waals surface area contributed by atoms with Crippen molar-refractivity contribution in [3.8, 4) is 11.5 Å². The Labute approximate surface area is 289 Å². The molecule has 1 unspecified atom stereocenters. The molecule has 0 radical (unpaired) electrons. The van der Waals surface area contributed by atoms with Gasteiger partial charge in [0.2, 0.25) is 5.91 Å². The molecule has 3 aliphatic rings. The average molecular weight is 690 g/mol. The number of rotatable bonds is 9. The van der Waals surface area contributed by atoms with Crippen molar-refractivity contribution in [1.82, 2.24) is 0 Å². The van der Waals surface area contributed by atoms with E-state index in [2.05, 4.69) is 0 Å². The van der Waals surface area contributed by atoms with Crippen LogP contribution in [0.2, 0.25) is 0 Å². The molecule has 0 aromatic heterocycles. The van der Waals surface area contributed by atoms with Gasteiger partial charge in [-0.2, -0.15) is 0 Å². The highest BCUT2D eigenvalue weighted by atomic mass is 35.5. The maximum atomic E-state index is 14.3. The minimum absolute atomic E-state index is 0.0265. The summed E-state index contributed by atoms with van der Waals surface area (Å²) in [6.45, 7) is 3.69. The molecule has 1 aliphatic carbocycles. The van der Waals surface area contributed by atoms with Crippen molar-refractivity contribution < 1.29 is 29.0 Å². The maximum Gasteiger partial charge on any atom is 0.308 e. The van der Waals surface area contributed by atoms with Crippen LogP contribution >= 0.6 is 23.2 Å². The minimum atomic E-state index is -0.877. The van der Waals surface area contributed by atoms with Gasteiger partial charge in [0.25, 0.3) is 0 Å². The van der Waals surface area contributed by atoms with Gasteiger partial charge in [0, 0.05) is 85.5 Å². The first kappa shape index (κ1) is 32.7. The molecule has 3 atom stereocenters. The zero-order chi connectivity index (χ0) is 33.7. The molecule has 1 N–H and O–H groups in total. The summed E-state index contributed by atoms with van der Waals surface area (Å²) in [5.74, 6) is 0.596. The van der Waals surface area contributed by atoms with Gasteiger partial charge in [-0.3, -0.25) is 14.4 Å². The van der Waals surface area contributed by atoms with Crippen LogP contribution in [-0.4, -0.2) is 54.0 Å². The summed E-state index contributed by atoms with van der Waals surface area (Å²) < 4.78 is 11.2. The molecule has 2 aliphatic heterocycles. The van der Waals surface area contributed by atoms with Crippen molar-refractivity contribution in [2.45, 2.75) is 64.0 Å². The summed E-state index contributed by atoms with van der Waals surface area (Å²) in [6.07, 6.45) is 2.41. The average Bonchev–Trinajstić information content (AvgIpc) is 3.62. The van der Waals surface area contributed by atoms with Crippen LogP contribution in [0.1, 0.15) is 68.9 Å². The Balaban J connectivity index is 1.18. The molecule has 4 aromatic rings. The third-order valence-corrected chi connectivity index (χ3v) is 11.1. The van der Waals surface area contributed by atoms with Crippen LogP contribution in [0.5, 0.6) is 11.5 Å². The molecule has 250 valence electrons. The Morgan fingerprint density at radius 3 is 1.81 bits per heavy atom. The fourth-order valence-electron chi connectivity index (χ4n) is 8.15. The van der Waals surface area contributed by atoms with Crippen LogP contribution in [0.4, 0.5) is 11.4 Å². The summed E-state index contributed by atoms with van der Waals surface area (Å²) in [4.78, 5) is 42.0. The Kier molecular flexibility index (Phi) is 8.77. The van der Waals surface area contributed by atoms with Gasteiger partial charge in [-0.05, 0) is 46.6 Å². The topological polar surface area (TPSA) is 96.4 Å². The molecule has 1 saturated carbocycles. The number of ether oxygens (including phenoxy) is 2. The standard InChI is InChI=1S/C38H38Cl2N2O6/c1-22(43)47-32-14-30-36(28-10-5-3-8-26(28)32)24(18-39)20-41(30)34(45)16-38(12-7-13-38)17-35(46)42-21-25(19-40)37-29-11-6-4-9-27(29)33(15-31(37)42)48-23(2)44/h3-6,8-11,14-15,24-25,34,45H,7,12-13,16-21H2,1-2H3/t24-,25-,34?/m1/s1. The molecular weight excluding hydrogens is 651 g/mol. The molecule has 0 saturated heterocycles. The van der Waals surface area contributed by atoms with Crippen molar-refractivity contribution in [3.63, 3.8) is 0 Å². The number of esters is 2. The molecule has 1 fully saturated rings. The first-order valence-electron chi connectivity index (χ1n) is 16.5. The van der Waals surface area contributed by atoms with Crippen molar-refractivity contribution >= 4 is 74.0 Å². The first-order chi connectivity index (χ1) is 23.1. The van der Waals surface area contributed by atoms with Crippen LogP contribution < -0.4 is 19.3 Å². The number of nitrogens with zero attached hydrogens (tertiary/aromatic N) is 2. The molecule has 0 bridgehead atoms. The van der Waals surface area contributed by atoms with Crippen molar-refractivity contribution in [3.05, 3.63) is 71.8 Å². The smallest absolute Gasteiger partial charge is 0.308 e. The lowest BCUT2D eigenvalue weighted by molar-refractivity contribution is -0.132. The zero-order valence-corrected chi connectivity index (χ0v) is 28.5. The number of halogens is 2. The van der Waals surface area contributed by atoms with E-state index >= 15 is 0 Å². The lowest BCUT2D eigenvalue weighted by Crippen LogP contribution is -2.45. The molecule has 1 amide bonds. The Bertz CT molecular complexity index is 1940. The number of anilines is 2. The number of fused-ring (bicyclic) bond motifs is 6. The number of benzene rings is 4. The number of aliphatic hydroxyl groups is 1. The van der Waals surface area contributed by atoms with Gasteiger partial charge in [0.05, 0.1) is 5.69 Å². The van der Waals surface area contributed by atoms with E-state index in [9.17, 15) is 19.5 Å². The van der Waals surface area contributed by atoms with E-state index in [4.69, 9.17) is 32.7 Å². The van der Waals surface area contributed by atoms with Gasteiger partial charge in [-0.25, -0.2) is 0 Å². The fraction of sp³-hybridized carbons (Fsp3) is 0.395. The van der Waals surface area contributed by atoms with E-state index in [0.717, 1.165) is 63.3 Å². The van der Waals surface area contributed by atoms with Crippen LogP contribution in [-0.2, 0) is 14.4 Å². The summed E-state index contributed by atoms with van der Waals surface area (Å²) in [5, 5.41) is 15.4.